The number of nitrogens with zero attached hydrogens (tertiary/aromatic N) is 3. The third-order valence-corrected chi connectivity index (χ3v) is 7.22. The van der Waals surface area contributed by atoms with E-state index in [0.29, 0.717) is 23.7 Å². The van der Waals surface area contributed by atoms with Crippen molar-refractivity contribution in [3.63, 3.8) is 0 Å². The Hall–Kier alpha value is -2.29. The molecule has 0 bridgehead atoms. The molecule has 3 aromatic rings. The summed E-state index contributed by atoms with van der Waals surface area (Å²) >= 11 is 5.72. The molecule has 0 saturated carbocycles. The number of para-hydroxylation sites is 1. The van der Waals surface area contributed by atoms with E-state index in [9.17, 15) is 17.6 Å². The number of hydrogen-bond acceptors (Lipinski definition) is 4. The van der Waals surface area contributed by atoms with Crippen LogP contribution >= 0.6 is 11.6 Å². The number of benzene rings is 2. The Kier molecular flexibility index (Phi) is 4.95. The molecule has 0 amide bonds. The molecule has 1 fully saturated rings. The molecular formula is C19H17ClFN3O3S. The molecule has 146 valence electrons. The van der Waals surface area contributed by atoms with Crippen molar-refractivity contribution in [1.82, 2.24) is 13.9 Å². The van der Waals surface area contributed by atoms with E-state index in [1.807, 2.05) is 6.07 Å². The van der Waals surface area contributed by atoms with Crippen molar-refractivity contribution in [2.24, 2.45) is 0 Å². The SMILES string of the molecule is O=c1c2ccccc2ncn1C1CCN(S(=O)(=O)c2ccc(F)c(Cl)c2)CC1. The molecule has 0 radical (unpaired) electrons. The van der Waals surface area contributed by atoms with Crippen LogP contribution in [0.4, 0.5) is 4.39 Å². The molecule has 1 aliphatic heterocycles. The largest absolute Gasteiger partial charge is 0.296 e. The van der Waals surface area contributed by atoms with Gasteiger partial charge in [-0.2, -0.15) is 4.31 Å². The molecule has 28 heavy (non-hydrogen) atoms. The van der Waals surface area contributed by atoms with E-state index < -0.39 is 15.8 Å². The number of sulfonamides is 1. The third kappa shape index (κ3) is 3.32. The Balaban J connectivity index is 1.55. The van der Waals surface area contributed by atoms with Gasteiger partial charge in [-0.15, -0.1) is 0 Å². The van der Waals surface area contributed by atoms with Crippen molar-refractivity contribution in [2.45, 2.75) is 23.8 Å². The van der Waals surface area contributed by atoms with Gasteiger partial charge in [0, 0.05) is 19.1 Å². The maximum atomic E-state index is 13.3. The van der Waals surface area contributed by atoms with E-state index in [1.54, 1.807) is 22.8 Å². The van der Waals surface area contributed by atoms with Gasteiger partial charge in [-0.3, -0.25) is 9.36 Å². The molecule has 1 aliphatic rings. The lowest BCUT2D eigenvalue weighted by molar-refractivity contribution is 0.269. The molecule has 0 spiro atoms. The van der Waals surface area contributed by atoms with E-state index in [2.05, 4.69) is 4.98 Å². The zero-order valence-electron chi connectivity index (χ0n) is 14.8. The fraction of sp³-hybridized carbons (Fsp3) is 0.263. The van der Waals surface area contributed by atoms with Crippen LogP contribution in [0, 0.1) is 5.82 Å². The summed E-state index contributed by atoms with van der Waals surface area (Å²) in [5.74, 6) is -0.664. The Labute approximate surface area is 166 Å². The van der Waals surface area contributed by atoms with Crippen molar-refractivity contribution in [3.8, 4) is 0 Å². The first-order chi connectivity index (χ1) is 13.4. The van der Waals surface area contributed by atoms with Gasteiger partial charge in [0.2, 0.25) is 10.0 Å². The quantitative estimate of drug-likeness (QED) is 0.651. The van der Waals surface area contributed by atoms with Crippen LogP contribution in [0.1, 0.15) is 18.9 Å². The van der Waals surface area contributed by atoms with Crippen molar-refractivity contribution in [3.05, 3.63) is 70.0 Å². The van der Waals surface area contributed by atoms with E-state index in [-0.39, 0.29) is 34.6 Å². The standard InChI is InChI=1S/C19H17ClFN3O3S/c20-16-11-14(5-6-17(16)21)28(26,27)23-9-7-13(8-10-23)24-12-22-18-4-2-1-3-15(18)19(24)25/h1-6,11-13H,7-10H2. The van der Waals surface area contributed by atoms with Crippen LogP contribution in [-0.4, -0.2) is 35.4 Å². The highest BCUT2D eigenvalue weighted by Crippen LogP contribution is 2.28. The number of hydrogen-bond donors (Lipinski definition) is 0. The fourth-order valence-electron chi connectivity index (χ4n) is 3.49. The van der Waals surface area contributed by atoms with Gasteiger partial charge in [0.05, 0.1) is 27.1 Å². The first kappa shape index (κ1) is 19.0. The van der Waals surface area contributed by atoms with Crippen LogP contribution in [0.2, 0.25) is 5.02 Å². The van der Waals surface area contributed by atoms with Gasteiger partial charge in [0.1, 0.15) is 5.82 Å². The molecule has 0 N–H and O–H groups in total. The van der Waals surface area contributed by atoms with Crippen LogP contribution < -0.4 is 5.56 Å². The summed E-state index contributed by atoms with van der Waals surface area (Å²) in [4.78, 5) is 17.0. The summed E-state index contributed by atoms with van der Waals surface area (Å²) in [5, 5.41) is 0.311. The van der Waals surface area contributed by atoms with Gasteiger partial charge in [0.15, 0.2) is 0 Å². The summed E-state index contributed by atoms with van der Waals surface area (Å²) in [6.07, 6.45) is 2.49. The predicted octanol–water partition coefficient (Wildman–Crippen LogP) is 3.21. The van der Waals surface area contributed by atoms with Crippen LogP contribution in [0.5, 0.6) is 0 Å². The van der Waals surface area contributed by atoms with Crippen molar-refractivity contribution < 1.29 is 12.8 Å². The average molecular weight is 422 g/mol. The first-order valence-electron chi connectivity index (χ1n) is 8.79. The number of rotatable bonds is 3. The van der Waals surface area contributed by atoms with Crippen LogP contribution in [0.25, 0.3) is 10.9 Å². The molecule has 9 heteroatoms. The van der Waals surface area contributed by atoms with Gasteiger partial charge in [0.25, 0.3) is 5.56 Å². The second-order valence-electron chi connectivity index (χ2n) is 6.69. The van der Waals surface area contributed by atoms with Crippen LogP contribution in [0.3, 0.4) is 0 Å². The van der Waals surface area contributed by atoms with Crippen LogP contribution in [0.15, 0.2) is 58.5 Å². The van der Waals surface area contributed by atoms with Crippen LogP contribution in [-0.2, 0) is 10.0 Å². The Morgan fingerprint density at radius 2 is 1.82 bits per heavy atom. The van der Waals surface area contributed by atoms with E-state index >= 15 is 0 Å². The minimum Gasteiger partial charge on any atom is -0.296 e. The van der Waals surface area contributed by atoms with Gasteiger partial charge in [-0.05, 0) is 43.2 Å². The second-order valence-corrected chi connectivity index (χ2v) is 9.03. The molecule has 0 aliphatic carbocycles. The molecule has 0 atom stereocenters. The van der Waals surface area contributed by atoms with Gasteiger partial charge in [-0.1, -0.05) is 23.7 Å². The van der Waals surface area contributed by atoms with E-state index in [1.165, 1.54) is 16.7 Å². The zero-order chi connectivity index (χ0) is 19.9. The lowest BCUT2D eigenvalue weighted by Gasteiger charge is -2.32. The first-order valence-corrected chi connectivity index (χ1v) is 10.6. The lowest BCUT2D eigenvalue weighted by Crippen LogP contribution is -2.40. The van der Waals surface area contributed by atoms with Gasteiger partial charge >= 0.3 is 0 Å². The van der Waals surface area contributed by atoms with Crippen molar-refractivity contribution in [2.75, 3.05) is 13.1 Å². The number of halogens is 2. The highest BCUT2D eigenvalue weighted by Gasteiger charge is 2.31. The third-order valence-electron chi connectivity index (χ3n) is 5.04. The molecule has 2 aromatic carbocycles. The van der Waals surface area contributed by atoms with Crippen molar-refractivity contribution >= 4 is 32.5 Å². The average Bonchev–Trinajstić information content (AvgIpc) is 2.70. The normalized spacial score (nSPS) is 16.5. The maximum Gasteiger partial charge on any atom is 0.261 e. The highest BCUT2D eigenvalue weighted by atomic mass is 35.5. The van der Waals surface area contributed by atoms with Crippen molar-refractivity contribution in [1.29, 1.82) is 0 Å². The summed E-state index contributed by atoms with van der Waals surface area (Å²) in [7, 11) is -3.77. The maximum absolute atomic E-state index is 13.3. The second kappa shape index (κ2) is 7.27. The minimum atomic E-state index is -3.77. The molecule has 4 rings (SSSR count). The molecule has 2 heterocycles. The number of aromatic nitrogens is 2. The Morgan fingerprint density at radius 1 is 1.11 bits per heavy atom. The van der Waals surface area contributed by atoms with E-state index in [4.69, 9.17) is 11.6 Å². The summed E-state index contributed by atoms with van der Waals surface area (Å²) in [6, 6.07) is 10.4. The molecule has 1 aromatic heterocycles. The molecular weight excluding hydrogens is 405 g/mol. The summed E-state index contributed by atoms with van der Waals surface area (Å²) in [6.45, 7) is 0.503. The topological polar surface area (TPSA) is 72.3 Å². The zero-order valence-corrected chi connectivity index (χ0v) is 16.3. The number of fused-ring (bicyclic) bond motifs is 1. The van der Waals surface area contributed by atoms with Gasteiger partial charge in [-0.25, -0.2) is 17.8 Å². The fourth-order valence-corrected chi connectivity index (χ4v) is 5.23. The summed E-state index contributed by atoms with van der Waals surface area (Å²) in [5.41, 5.74) is 0.508. The highest BCUT2D eigenvalue weighted by molar-refractivity contribution is 7.89. The predicted molar refractivity (Wildman–Crippen MR) is 104 cm³/mol. The Morgan fingerprint density at radius 3 is 2.54 bits per heavy atom. The Bertz CT molecular complexity index is 1200. The van der Waals surface area contributed by atoms with E-state index in [0.717, 1.165) is 12.1 Å². The number of piperidine rings is 1. The minimum absolute atomic E-state index is 0.0399. The smallest absolute Gasteiger partial charge is 0.261 e. The van der Waals surface area contributed by atoms with Gasteiger partial charge < -0.3 is 0 Å². The molecule has 0 unspecified atom stereocenters. The molecule has 1 saturated heterocycles. The summed E-state index contributed by atoms with van der Waals surface area (Å²) < 4.78 is 41.9. The lowest BCUT2D eigenvalue weighted by atomic mass is 10.1. The molecule has 6 nitrogen and oxygen atoms in total. The monoisotopic (exact) mass is 421 g/mol.